The highest BCUT2D eigenvalue weighted by Gasteiger charge is 2.18. The lowest BCUT2D eigenvalue weighted by molar-refractivity contribution is -0.146. The van der Waals surface area contributed by atoms with E-state index in [1.54, 1.807) is 0 Å². The van der Waals surface area contributed by atoms with E-state index >= 15 is 0 Å². The highest BCUT2D eigenvalue weighted by molar-refractivity contribution is 5.76. The lowest BCUT2D eigenvalue weighted by Gasteiger charge is -2.17. The number of carbonyl (C=O) groups is 2. The average Bonchev–Trinajstić information content (AvgIpc) is 2.73. The van der Waals surface area contributed by atoms with Gasteiger partial charge in [0.25, 0.3) is 0 Å². The summed E-state index contributed by atoms with van der Waals surface area (Å²) in [7, 11) is 0. The van der Waals surface area contributed by atoms with Crippen molar-refractivity contribution >= 4 is 29.5 Å². The number of benzene rings is 2. The van der Waals surface area contributed by atoms with Crippen molar-refractivity contribution in [2.75, 3.05) is 11.1 Å². The monoisotopic (exact) mass is 424 g/mol. The summed E-state index contributed by atoms with van der Waals surface area (Å²) in [6.07, 6.45) is -0.0646. The quantitative estimate of drug-likeness (QED) is 0.470. The third-order valence-corrected chi connectivity index (χ3v) is 4.11. The van der Waals surface area contributed by atoms with Gasteiger partial charge in [-0.2, -0.15) is 15.0 Å². The zero-order chi connectivity index (χ0) is 22.2. The summed E-state index contributed by atoms with van der Waals surface area (Å²) in [6, 6.07) is 14.2. The van der Waals surface area contributed by atoms with Crippen molar-refractivity contribution in [1.29, 1.82) is 0 Å². The fraction of sp³-hybridized carbons (Fsp3) is 0.190. The fourth-order valence-electron chi connectivity index (χ4n) is 2.77. The van der Waals surface area contributed by atoms with E-state index in [1.807, 2.05) is 30.3 Å². The molecule has 3 rings (SSSR count). The van der Waals surface area contributed by atoms with Crippen molar-refractivity contribution in [3.63, 3.8) is 0 Å². The second-order valence-electron chi connectivity index (χ2n) is 6.59. The molecule has 0 bridgehead atoms. The molecule has 1 aromatic heterocycles. The molecular weight excluding hydrogens is 403 g/mol. The molecule has 1 amide bonds. The molecule has 10 heteroatoms. The first-order chi connectivity index (χ1) is 14.9. The number of carbonyl (C=O) groups excluding carboxylic acids is 2. The zero-order valence-corrected chi connectivity index (χ0v) is 16.7. The molecule has 0 saturated heterocycles. The van der Waals surface area contributed by atoms with Crippen LogP contribution in [0.3, 0.4) is 0 Å². The Bertz CT molecular complexity index is 1050. The van der Waals surface area contributed by atoms with Gasteiger partial charge in [-0.05, 0) is 29.8 Å². The third-order valence-electron chi connectivity index (χ3n) is 4.11. The first-order valence-corrected chi connectivity index (χ1v) is 9.40. The molecule has 3 aromatic rings. The minimum Gasteiger partial charge on any atom is -0.457 e. The topological polar surface area (TPSA) is 132 Å². The smallest absolute Gasteiger partial charge is 0.308 e. The predicted molar refractivity (Wildman–Crippen MR) is 111 cm³/mol. The molecular formula is C21H21FN6O3. The van der Waals surface area contributed by atoms with E-state index < -0.39 is 12.0 Å². The van der Waals surface area contributed by atoms with Gasteiger partial charge in [-0.25, -0.2) is 4.39 Å². The van der Waals surface area contributed by atoms with Crippen LogP contribution in [0.2, 0.25) is 0 Å². The van der Waals surface area contributed by atoms with Crippen molar-refractivity contribution in [2.24, 2.45) is 0 Å². The van der Waals surface area contributed by atoms with Gasteiger partial charge >= 0.3 is 5.97 Å². The summed E-state index contributed by atoms with van der Waals surface area (Å²) < 4.78 is 18.3. The van der Waals surface area contributed by atoms with Crippen LogP contribution in [-0.4, -0.2) is 26.8 Å². The van der Waals surface area contributed by atoms with Crippen molar-refractivity contribution < 1.29 is 18.7 Å². The number of nitrogens with one attached hydrogen (secondary N) is 2. The van der Waals surface area contributed by atoms with Crippen LogP contribution in [0.15, 0.2) is 54.6 Å². The van der Waals surface area contributed by atoms with Crippen molar-refractivity contribution in [3.8, 4) is 0 Å². The van der Waals surface area contributed by atoms with Gasteiger partial charge in [0.15, 0.2) is 12.4 Å². The Hall–Kier alpha value is -4.08. The number of nitrogen functional groups attached to an aromatic ring is 1. The Kier molecular flexibility index (Phi) is 7.05. The molecule has 1 atom stereocenters. The summed E-state index contributed by atoms with van der Waals surface area (Å²) in [4.78, 5) is 35.9. The van der Waals surface area contributed by atoms with Crippen LogP contribution < -0.4 is 16.4 Å². The zero-order valence-electron chi connectivity index (χ0n) is 16.7. The predicted octanol–water partition coefficient (Wildman–Crippen LogP) is 2.65. The normalized spacial score (nSPS) is 11.4. The van der Waals surface area contributed by atoms with Crippen molar-refractivity contribution in [2.45, 2.75) is 26.0 Å². The number of esters is 1. The summed E-state index contributed by atoms with van der Waals surface area (Å²) in [5.41, 5.74) is 7.04. The molecule has 0 aliphatic rings. The number of amides is 1. The van der Waals surface area contributed by atoms with Crippen LogP contribution in [0.5, 0.6) is 0 Å². The largest absolute Gasteiger partial charge is 0.457 e. The van der Waals surface area contributed by atoms with E-state index in [2.05, 4.69) is 25.6 Å². The van der Waals surface area contributed by atoms with Gasteiger partial charge in [0.2, 0.25) is 17.8 Å². The molecule has 160 valence electrons. The Morgan fingerprint density at radius 1 is 1.06 bits per heavy atom. The number of anilines is 3. The number of hydrogen-bond donors (Lipinski definition) is 3. The number of rotatable bonds is 8. The lowest BCUT2D eigenvalue weighted by Crippen LogP contribution is -2.28. The number of aromatic nitrogens is 3. The number of ether oxygens (including phenoxy) is 1. The number of nitrogens with zero attached hydrogens (tertiary/aromatic N) is 3. The maximum absolute atomic E-state index is 13.0. The summed E-state index contributed by atoms with van der Waals surface area (Å²) >= 11 is 0. The Morgan fingerprint density at radius 3 is 2.45 bits per heavy atom. The molecule has 0 radical (unpaired) electrons. The standard InChI is InChI=1S/C21H21FN6O3/c1-13(29)24-17(14-5-3-2-4-6-14)11-19(30)31-12-18-26-20(23)28-21(27-18)25-16-9-7-15(22)8-10-16/h2-10,17H,11-12H2,1H3,(H,24,29)(H3,23,25,26,27,28). The second kappa shape index (κ2) is 10.1. The van der Waals surface area contributed by atoms with E-state index in [0.29, 0.717) is 5.69 Å². The molecule has 1 unspecified atom stereocenters. The van der Waals surface area contributed by atoms with E-state index in [9.17, 15) is 14.0 Å². The van der Waals surface area contributed by atoms with E-state index in [1.165, 1.54) is 31.2 Å². The number of halogens is 1. The number of hydrogen-bond acceptors (Lipinski definition) is 8. The summed E-state index contributed by atoms with van der Waals surface area (Å²) in [5, 5.41) is 5.62. The van der Waals surface area contributed by atoms with Crippen LogP contribution in [0.1, 0.15) is 30.8 Å². The maximum Gasteiger partial charge on any atom is 0.308 e. The molecule has 0 aliphatic carbocycles. The van der Waals surface area contributed by atoms with Gasteiger partial charge in [0.1, 0.15) is 5.82 Å². The highest BCUT2D eigenvalue weighted by atomic mass is 19.1. The summed E-state index contributed by atoms with van der Waals surface area (Å²) in [6.45, 7) is 1.15. The molecule has 0 saturated carbocycles. The van der Waals surface area contributed by atoms with Crippen LogP contribution in [-0.2, 0) is 20.9 Å². The molecule has 4 N–H and O–H groups in total. The lowest BCUT2D eigenvalue weighted by atomic mass is 10.0. The van der Waals surface area contributed by atoms with E-state index in [4.69, 9.17) is 10.5 Å². The Morgan fingerprint density at radius 2 is 1.77 bits per heavy atom. The van der Waals surface area contributed by atoms with E-state index in [0.717, 1.165) is 5.56 Å². The van der Waals surface area contributed by atoms with Crippen molar-refractivity contribution in [1.82, 2.24) is 20.3 Å². The molecule has 0 fully saturated rings. The van der Waals surface area contributed by atoms with Crippen LogP contribution in [0.4, 0.5) is 22.0 Å². The van der Waals surface area contributed by atoms with Gasteiger partial charge in [-0.1, -0.05) is 30.3 Å². The van der Waals surface area contributed by atoms with Gasteiger partial charge in [0.05, 0.1) is 12.5 Å². The third kappa shape index (κ3) is 6.74. The minimum atomic E-state index is -0.547. The highest BCUT2D eigenvalue weighted by Crippen LogP contribution is 2.18. The first kappa shape index (κ1) is 21.6. The van der Waals surface area contributed by atoms with Gasteiger partial charge in [0, 0.05) is 12.6 Å². The van der Waals surface area contributed by atoms with Gasteiger partial charge in [-0.15, -0.1) is 0 Å². The average molecular weight is 424 g/mol. The second-order valence-corrected chi connectivity index (χ2v) is 6.59. The Balaban J connectivity index is 1.63. The van der Waals surface area contributed by atoms with Crippen LogP contribution >= 0.6 is 0 Å². The van der Waals surface area contributed by atoms with Crippen LogP contribution in [0, 0.1) is 5.82 Å². The fourth-order valence-corrected chi connectivity index (χ4v) is 2.77. The SMILES string of the molecule is CC(=O)NC(CC(=O)OCc1nc(N)nc(Nc2ccc(F)cc2)n1)c1ccccc1. The molecule has 2 aromatic carbocycles. The number of nitrogens with two attached hydrogens (primary N) is 1. The van der Waals surface area contributed by atoms with Gasteiger partial charge < -0.3 is 21.1 Å². The van der Waals surface area contributed by atoms with Gasteiger partial charge in [-0.3, -0.25) is 9.59 Å². The van der Waals surface area contributed by atoms with E-state index in [-0.39, 0.29) is 42.5 Å². The molecule has 31 heavy (non-hydrogen) atoms. The van der Waals surface area contributed by atoms with Crippen molar-refractivity contribution in [3.05, 3.63) is 71.8 Å². The molecule has 9 nitrogen and oxygen atoms in total. The minimum absolute atomic E-state index is 0.0638. The molecule has 0 spiro atoms. The molecule has 0 aliphatic heterocycles. The summed E-state index contributed by atoms with van der Waals surface area (Å²) in [5.74, 6) is -0.975. The maximum atomic E-state index is 13.0. The van der Waals surface area contributed by atoms with Crippen LogP contribution in [0.25, 0.3) is 0 Å². The first-order valence-electron chi connectivity index (χ1n) is 9.40. The Labute approximate surface area is 177 Å². The molecule has 1 heterocycles.